The second-order valence-electron chi connectivity index (χ2n) is 6.62. The summed E-state index contributed by atoms with van der Waals surface area (Å²) in [6.07, 6.45) is 3.19. The second-order valence-corrected chi connectivity index (χ2v) is 6.62. The minimum absolute atomic E-state index is 0.0691. The van der Waals surface area contributed by atoms with Gasteiger partial charge in [-0.15, -0.1) is 0 Å². The van der Waals surface area contributed by atoms with Crippen LogP contribution in [0.1, 0.15) is 17.3 Å². The number of nitriles is 1. The van der Waals surface area contributed by atoms with Crippen molar-refractivity contribution in [1.82, 2.24) is 14.9 Å². The van der Waals surface area contributed by atoms with Crippen molar-refractivity contribution in [1.29, 1.82) is 5.26 Å². The minimum atomic E-state index is -0.706. The van der Waals surface area contributed by atoms with Crippen LogP contribution in [0.3, 0.4) is 0 Å². The van der Waals surface area contributed by atoms with Gasteiger partial charge in [-0.3, -0.25) is 14.5 Å². The first-order chi connectivity index (χ1) is 13.9. The Morgan fingerprint density at radius 3 is 2.41 bits per heavy atom. The molecule has 1 aromatic heterocycles. The highest BCUT2D eigenvalue weighted by Gasteiger charge is 2.19. The molecule has 10 nitrogen and oxygen atoms in total. The Labute approximate surface area is 168 Å². The van der Waals surface area contributed by atoms with Crippen LogP contribution in [0.4, 0.5) is 23.1 Å². The summed E-state index contributed by atoms with van der Waals surface area (Å²) in [5.74, 6) is -0.219. The van der Waals surface area contributed by atoms with E-state index in [1.165, 1.54) is 13.2 Å². The Balaban J connectivity index is 1.71. The molecule has 1 aromatic carbocycles. The molecule has 0 atom stereocenters. The SMILES string of the molecule is CC(=O)N1CCN(c2ccc(Nc3ncc(C(N)=O)c(N(C)C#N)n3)cc2)CC1. The van der Waals surface area contributed by atoms with Crippen LogP contribution in [-0.2, 0) is 4.79 Å². The zero-order valence-corrected chi connectivity index (χ0v) is 16.3. The maximum atomic E-state index is 11.5. The first kappa shape index (κ1) is 19.9. The Morgan fingerprint density at radius 1 is 1.21 bits per heavy atom. The third kappa shape index (κ3) is 4.52. The van der Waals surface area contributed by atoms with Gasteiger partial charge in [0.05, 0.1) is 0 Å². The summed E-state index contributed by atoms with van der Waals surface area (Å²) in [5, 5.41) is 12.2. The molecule has 2 aromatic rings. The van der Waals surface area contributed by atoms with Crippen molar-refractivity contribution in [3.8, 4) is 6.19 Å². The van der Waals surface area contributed by atoms with Crippen molar-refractivity contribution in [3.63, 3.8) is 0 Å². The van der Waals surface area contributed by atoms with Gasteiger partial charge in [0.25, 0.3) is 5.91 Å². The number of nitrogens with two attached hydrogens (primary N) is 1. The predicted octanol–water partition coefficient (Wildman–Crippen LogP) is 0.905. The molecule has 1 aliphatic heterocycles. The van der Waals surface area contributed by atoms with E-state index in [2.05, 4.69) is 20.2 Å². The fourth-order valence-corrected chi connectivity index (χ4v) is 3.07. The molecule has 1 fully saturated rings. The van der Waals surface area contributed by atoms with Crippen LogP contribution in [0.25, 0.3) is 0 Å². The van der Waals surface area contributed by atoms with Gasteiger partial charge in [0.15, 0.2) is 12.0 Å². The topological polar surface area (TPSA) is 131 Å². The van der Waals surface area contributed by atoms with Crippen LogP contribution < -0.4 is 20.9 Å². The maximum absolute atomic E-state index is 11.5. The molecule has 0 bridgehead atoms. The van der Waals surface area contributed by atoms with E-state index in [1.54, 1.807) is 6.92 Å². The zero-order chi connectivity index (χ0) is 21.0. The molecule has 0 aliphatic carbocycles. The summed E-state index contributed by atoms with van der Waals surface area (Å²) in [6, 6.07) is 7.75. The molecule has 0 unspecified atom stereocenters. The fraction of sp³-hybridized carbons (Fsp3) is 0.316. The molecule has 150 valence electrons. The number of rotatable bonds is 5. The Kier molecular flexibility index (Phi) is 5.78. The first-order valence-corrected chi connectivity index (χ1v) is 9.07. The lowest BCUT2D eigenvalue weighted by Gasteiger charge is -2.35. The minimum Gasteiger partial charge on any atom is -0.368 e. The summed E-state index contributed by atoms with van der Waals surface area (Å²) >= 11 is 0. The lowest BCUT2D eigenvalue weighted by Crippen LogP contribution is -2.48. The van der Waals surface area contributed by atoms with E-state index in [4.69, 9.17) is 11.0 Å². The van der Waals surface area contributed by atoms with Gasteiger partial charge in [-0.25, -0.2) is 4.98 Å². The molecule has 1 saturated heterocycles. The Hall–Kier alpha value is -3.87. The van der Waals surface area contributed by atoms with Crippen molar-refractivity contribution < 1.29 is 9.59 Å². The number of primary amides is 1. The van der Waals surface area contributed by atoms with E-state index in [9.17, 15) is 9.59 Å². The fourth-order valence-electron chi connectivity index (χ4n) is 3.07. The van der Waals surface area contributed by atoms with Crippen LogP contribution in [-0.4, -0.2) is 59.9 Å². The van der Waals surface area contributed by atoms with Crippen molar-refractivity contribution in [3.05, 3.63) is 36.0 Å². The number of aromatic nitrogens is 2. The molecular weight excluding hydrogens is 372 g/mol. The molecular formula is C19H22N8O2. The second kappa shape index (κ2) is 8.43. The molecule has 0 spiro atoms. The summed E-state index contributed by atoms with van der Waals surface area (Å²) in [4.78, 5) is 36.5. The normalized spacial score (nSPS) is 13.6. The van der Waals surface area contributed by atoms with Gasteiger partial charge in [-0.1, -0.05) is 0 Å². The highest BCUT2D eigenvalue weighted by molar-refractivity contribution is 5.97. The van der Waals surface area contributed by atoms with Crippen molar-refractivity contribution >= 4 is 35.0 Å². The summed E-state index contributed by atoms with van der Waals surface area (Å²) in [5.41, 5.74) is 7.21. The Morgan fingerprint density at radius 2 is 1.86 bits per heavy atom. The molecule has 2 amide bonds. The van der Waals surface area contributed by atoms with Crippen LogP contribution in [0, 0.1) is 11.5 Å². The lowest BCUT2D eigenvalue weighted by molar-refractivity contribution is -0.129. The smallest absolute Gasteiger partial charge is 0.254 e. The molecule has 0 saturated carbocycles. The average Bonchev–Trinajstić information content (AvgIpc) is 2.73. The number of nitrogens with one attached hydrogen (secondary N) is 1. The van der Waals surface area contributed by atoms with E-state index < -0.39 is 5.91 Å². The summed E-state index contributed by atoms with van der Waals surface area (Å²) in [6.45, 7) is 4.59. The van der Waals surface area contributed by atoms with Crippen molar-refractivity contribution in [2.75, 3.05) is 48.3 Å². The Bertz CT molecular complexity index is 946. The number of carbonyl (C=O) groups is 2. The standard InChI is InChI=1S/C19H22N8O2/c1-13(28)26-7-9-27(10-8-26)15-5-3-14(4-6-15)23-19-22-11-16(17(21)29)18(24-19)25(2)12-20/h3-6,11H,7-10H2,1-2H3,(H2,21,29)(H,22,23,24). The van der Waals surface area contributed by atoms with E-state index in [1.807, 2.05) is 35.4 Å². The molecule has 29 heavy (non-hydrogen) atoms. The van der Waals surface area contributed by atoms with Crippen LogP contribution in [0.2, 0.25) is 0 Å². The van der Waals surface area contributed by atoms with Gasteiger partial charge in [-0.05, 0) is 24.3 Å². The van der Waals surface area contributed by atoms with Gasteiger partial charge in [0.2, 0.25) is 11.9 Å². The number of hydrogen-bond donors (Lipinski definition) is 2. The molecule has 10 heteroatoms. The van der Waals surface area contributed by atoms with Gasteiger partial charge >= 0.3 is 0 Å². The van der Waals surface area contributed by atoms with Crippen molar-refractivity contribution in [2.24, 2.45) is 5.73 Å². The van der Waals surface area contributed by atoms with E-state index >= 15 is 0 Å². The quantitative estimate of drug-likeness (QED) is 0.565. The van der Waals surface area contributed by atoms with Gasteiger partial charge < -0.3 is 20.9 Å². The number of carbonyl (C=O) groups excluding carboxylic acids is 2. The number of hydrogen-bond acceptors (Lipinski definition) is 8. The maximum Gasteiger partial charge on any atom is 0.254 e. The summed E-state index contributed by atoms with van der Waals surface area (Å²) in [7, 11) is 1.49. The highest BCUT2D eigenvalue weighted by Crippen LogP contribution is 2.23. The highest BCUT2D eigenvalue weighted by atomic mass is 16.2. The van der Waals surface area contributed by atoms with Gasteiger partial charge in [-0.2, -0.15) is 10.2 Å². The molecule has 3 N–H and O–H groups in total. The van der Waals surface area contributed by atoms with E-state index in [0.29, 0.717) is 13.1 Å². The molecule has 2 heterocycles. The number of nitrogens with zero attached hydrogens (tertiary/aromatic N) is 6. The third-order valence-electron chi connectivity index (χ3n) is 4.72. The zero-order valence-electron chi connectivity index (χ0n) is 16.3. The number of anilines is 4. The van der Waals surface area contributed by atoms with E-state index in [0.717, 1.165) is 29.4 Å². The largest absolute Gasteiger partial charge is 0.368 e. The third-order valence-corrected chi connectivity index (χ3v) is 4.72. The number of benzene rings is 1. The van der Waals surface area contributed by atoms with Gasteiger partial charge in [0.1, 0.15) is 5.56 Å². The van der Waals surface area contributed by atoms with Gasteiger partial charge in [0, 0.05) is 57.7 Å². The summed E-state index contributed by atoms with van der Waals surface area (Å²) < 4.78 is 0. The number of piperazine rings is 1. The molecule has 3 rings (SSSR count). The average molecular weight is 394 g/mol. The predicted molar refractivity (Wildman–Crippen MR) is 109 cm³/mol. The monoisotopic (exact) mass is 394 g/mol. The number of amides is 2. The van der Waals surface area contributed by atoms with E-state index in [-0.39, 0.29) is 23.2 Å². The lowest BCUT2D eigenvalue weighted by atomic mass is 10.2. The van der Waals surface area contributed by atoms with Crippen LogP contribution >= 0.6 is 0 Å². The van der Waals surface area contributed by atoms with Crippen LogP contribution in [0.5, 0.6) is 0 Å². The van der Waals surface area contributed by atoms with Crippen molar-refractivity contribution in [2.45, 2.75) is 6.92 Å². The van der Waals surface area contributed by atoms with Crippen LogP contribution in [0.15, 0.2) is 30.5 Å². The molecule has 0 radical (unpaired) electrons. The first-order valence-electron chi connectivity index (χ1n) is 9.07. The molecule has 1 aliphatic rings.